The highest BCUT2D eigenvalue weighted by molar-refractivity contribution is 5.96. The number of carbonyl (C=O) groups excluding carboxylic acids is 3. The van der Waals surface area contributed by atoms with Crippen molar-refractivity contribution in [1.82, 2.24) is 15.1 Å². The Balaban J connectivity index is 1.36. The minimum atomic E-state index is -0.733. The van der Waals surface area contributed by atoms with Crippen molar-refractivity contribution < 1.29 is 14.4 Å². The molecule has 7 nitrogen and oxygen atoms in total. The van der Waals surface area contributed by atoms with Gasteiger partial charge in [-0.2, -0.15) is 0 Å². The number of nitrogens with one attached hydrogen (secondary N) is 1. The van der Waals surface area contributed by atoms with Crippen molar-refractivity contribution in [1.29, 1.82) is 0 Å². The van der Waals surface area contributed by atoms with Crippen LogP contribution in [0.5, 0.6) is 0 Å². The molecule has 2 aromatic rings. The van der Waals surface area contributed by atoms with E-state index in [1.807, 2.05) is 72.5 Å². The third-order valence-electron chi connectivity index (χ3n) is 8.53. The lowest BCUT2D eigenvalue weighted by Gasteiger charge is -2.43. The Morgan fingerprint density at radius 2 is 1.48 bits per heavy atom. The van der Waals surface area contributed by atoms with Crippen molar-refractivity contribution >= 4 is 23.4 Å². The summed E-state index contributed by atoms with van der Waals surface area (Å²) in [5.74, 6) is 0.0152. The van der Waals surface area contributed by atoms with Gasteiger partial charge in [-0.1, -0.05) is 94.0 Å². The molecule has 4 rings (SSSR count). The molecular weight excluding hydrogens is 500 g/mol. The first-order valence-electron chi connectivity index (χ1n) is 15.2. The highest BCUT2D eigenvalue weighted by atomic mass is 16.2. The number of nitrogens with zero attached hydrogens (tertiary/aromatic N) is 3. The fourth-order valence-corrected chi connectivity index (χ4v) is 6.13. The molecular formula is C33H46N4O3. The fraction of sp³-hybridized carbons (Fsp3) is 0.545. The van der Waals surface area contributed by atoms with Gasteiger partial charge in [-0.3, -0.25) is 14.4 Å². The molecule has 216 valence electrons. The molecule has 0 radical (unpaired) electrons. The second kappa shape index (κ2) is 14.3. The van der Waals surface area contributed by atoms with Crippen LogP contribution in [-0.4, -0.2) is 59.4 Å². The summed E-state index contributed by atoms with van der Waals surface area (Å²) in [6, 6.07) is 19.7. The lowest BCUT2D eigenvalue weighted by Crippen LogP contribution is -2.57. The number of carbonyl (C=O) groups is 3. The smallest absolute Gasteiger partial charge is 0.250 e. The van der Waals surface area contributed by atoms with E-state index in [-0.39, 0.29) is 30.3 Å². The lowest BCUT2D eigenvalue weighted by atomic mass is 9.85. The summed E-state index contributed by atoms with van der Waals surface area (Å²) in [6.07, 6.45) is 10.1. The predicted molar refractivity (Wildman–Crippen MR) is 160 cm³/mol. The van der Waals surface area contributed by atoms with Crippen LogP contribution in [0.3, 0.4) is 0 Å². The summed E-state index contributed by atoms with van der Waals surface area (Å²) >= 11 is 0. The van der Waals surface area contributed by atoms with Crippen LogP contribution in [0.25, 0.3) is 0 Å². The number of para-hydroxylation sites is 1. The van der Waals surface area contributed by atoms with Crippen LogP contribution >= 0.6 is 0 Å². The van der Waals surface area contributed by atoms with Crippen molar-refractivity contribution in [2.75, 3.05) is 31.2 Å². The molecule has 1 unspecified atom stereocenters. The number of hydrogen-bond donors (Lipinski definition) is 1. The summed E-state index contributed by atoms with van der Waals surface area (Å²) in [5, 5.41) is 3.05. The SMILES string of the molecule is CCCCCCCCCC(=O)N1CCC2(CC1)C(=O)N(CC(=O)NC(C)c1ccccc1)CN2c1ccccc1. The van der Waals surface area contributed by atoms with Gasteiger partial charge in [0.05, 0.1) is 12.7 Å². The molecule has 2 aliphatic heterocycles. The molecule has 7 heteroatoms. The Bertz CT molecular complexity index is 1100. The van der Waals surface area contributed by atoms with Gasteiger partial charge in [-0.15, -0.1) is 0 Å². The van der Waals surface area contributed by atoms with Crippen LogP contribution in [0.2, 0.25) is 0 Å². The molecule has 0 bridgehead atoms. The van der Waals surface area contributed by atoms with Gasteiger partial charge in [0.15, 0.2) is 0 Å². The van der Waals surface area contributed by atoms with Gasteiger partial charge in [-0.05, 0) is 43.9 Å². The maximum Gasteiger partial charge on any atom is 0.250 e. The minimum Gasteiger partial charge on any atom is -0.348 e. The summed E-state index contributed by atoms with van der Waals surface area (Å²) in [6.45, 7) is 5.69. The summed E-state index contributed by atoms with van der Waals surface area (Å²) in [7, 11) is 0. The molecule has 2 saturated heterocycles. The topological polar surface area (TPSA) is 73.0 Å². The minimum absolute atomic E-state index is 0.0157. The van der Waals surface area contributed by atoms with Crippen molar-refractivity contribution in [3.63, 3.8) is 0 Å². The van der Waals surface area contributed by atoms with Crippen LogP contribution in [-0.2, 0) is 14.4 Å². The number of benzene rings is 2. The monoisotopic (exact) mass is 546 g/mol. The molecule has 0 aromatic heterocycles. The van der Waals surface area contributed by atoms with E-state index in [0.29, 0.717) is 39.0 Å². The van der Waals surface area contributed by atoms with Crippen molar-refractivity contribution in [3.05, 3.63) is 66.2 Å². The molecule has 0 saturated carbocycles. The molecule has 40 heavy (non-hydrogen) atoms. The average molecular weight is 547 g/mol. The number of unbranched alkanes of at least 4 members (excludes halogenated alkanes) is 6. The maximum atomic E-state index is 14.0. The molecule has 3 amide bonds. The van der Waals surface area contributed by atoms with Gasteiger partial charge in [0.1, 0.15) is 12.1 Å². The van der Waals surface area contributed by atoms with Gasteiger partial charge in [0.2, 0.25) is 11.8 Å². The molecule has 2 heterocycles. The van der Waals surface area contributed by atoms with Gasteiger partial charge < -0.3 is 20.0 Å². The van der Waals surface area contributed by atoms with E-state index in [1.165, 1.54) is 32.1 Å². The largest absolute Gasteiger partial charge is 0.348 e. The first-order valence-corrected chi connectivity index (χ1v) is 15.2. The van der Waals surface area contributed by atoms with Crippen molar-refractivity contribution in [2.24, 2.45) is 0 Å². The number of hydrogen-bond acceptors (Lipinski definition) is 4. The van der Waals surface area contributed by atoms with Crippen LogP contribution in [0, 0.1) is 0 Å². The molecule has 2 aromatic carbocycles. The van der Waals surface area contributed by atoms with Crippen molar-refractivity contribution in [3.8, 4) is 0 Å². The van der Waals surface area contributed by atoms with E-state index in [2.05, 4.69) is 17.1 Å². The van der Waals surface area contributed by atoms with Crippen LogP contribution in [0.1, 0.15) is 89.7 Å². The van der Waals surface area contributed by atoms with Gasteiger partial charge >= 0.3 is 0 Å². The molecule has 1 spiro atoms. The second-order valence-corrected chi connectivity index (χ2v) is 11.4. The highest BCUT2D eigenvalue weighted by Crippen LogP contribution is 2.39. The van der Waals surface area contributed by atoms with E-state index in [9.17, 15) is 14.4 Å². The van der Waals surface area contributed by atoms with E-state index >= 15 is 0 Å². The third-order valence-corrected chi connectivity index (χ3v) is 8.53. The average Bonchev–Trinajstić information content (AvgIpc) is 3.23. The Labute approximate surface area is 239 Å². The van der Waals surface area contributed by atoms with E-state index < -0.39 is 5.54 Å². The van der Waals surface area contributed by atoms with E-state index in [0.717, 1.165) is 24.1 Å². The number of rotatable bonds is 13. The summed E-state index contributed by atoms with van der Waals surface area (Å²) in [5.41, 5.74) is 1.27. The van der Waals surface area contributed by atoms with Crippen LogP contribution in [0.15, 0.2) is 60.7 Å². The third kappa shape index (κ3) is 7.23. The quantitative estimate of drug-likeness (QED) is 0.329. The zero-order valence-electron chi connectivity index (χ0n) is 24.3. The first kappa shape index (κ1) is 29.6. The normalized spacial score (nSPS) is 17.4. The Kier molecular flexibility index (Phi) is 10.6. The molecule has 1 N–H and O–H groups in total. The predicted octanol–water partition coefficient (Wildman–Crippen LogP) is 5.67. The highest BCUT2D eigenvalue weighted by Gasteiger charge is 2.54. The zero-order valence-corrected chi connectivity index (χ0v) is 24.3. The van der Waals surface area contributed by atoms with Crippen LogP contribution in [0.4, 0.5) is 5.69 Å². The summed E-state index contributed by atoms with van der Waals surface area (Å²) in [4.78, 5) is 45.7. The maximum absolute atomic E-state index is 14.0. The number of piperidine rings is 1. The van der Waals surface area contributed by atoms with Gasteiger partial charge in [-0.25, -0.2) is 0 Å². The molecule has 2 aliphatic rings. The van der Waals surface area contributed by atoms with Gasteiger partial charge in [0, 0.05) is 25.2 Å². The first-order chi connectivity index (χ1) is 19.4. The molecule has 0 aliphatic carbocycles. The van der Waals surface area contributed by atoms with Gasteiger partial charge in [0.25, 0.3) is 5.91 Å². The molecule has 1 atom stereocenters. The standard InChI is InChI=1S/C33H46N4O3/c1-3-4-5-6-7-8-15-20-31(39)35-23-21-33(22-24-35)32(40)36(26-37(33)29-18-13-10-14-19-29)25-30(38)34-27(2)28-16-11-9-12-17-28/h9-14,16-19,27H,3-8,15,20-26H2,1-2H3,(H,34,38). The second-order valence-electron chi connectivity index (χ2n) is 11.4. The van der Waals surface area contributed by atoms with E-state index in [1.54, 1.807) is 4.90 Å². The van der Waals surface area contributed by atoms with E-state index in [4.69, 9.17) is 0 Å². The lowest BCUT2D eigenvalue weighted by molar-refractivity contribution is -0.140. The summed E-state index contributed by atoms with van der Waals surface area (Å²) < 4.78 is 0. The van der Waals surface area contributed by atoms with Crippen molar-refractivity contribution in [2.45, 2.75) is 89.6 Å². The number of anilines is 1. The fourth-order valence-electron chi connectivity index (χ4n) is 6.13. The Hall–Kier alpha value is -3.35. The Morgan fingerprint density at radius 3 is 2.12 bits per heavy atom. The molecule has 2 fully saturated rings. The number of amides is 3. The Morgan fingerprint density at radius 1 is 0.875 bits per heavy atom. The zero-order chi connectivity index (χ0) is 28.4. The van der Waals surface area contributed by atoms with Crippen LogP contribution < -0.4 is 10.2 Å². The number of likely N-dealkylation sites (tertiary alicyclic amines) is 1.